The molecule has 0 atom stereocenters. The molecule has 0 bridgehead atoms. The molecule has 20 heavy (non-hydrogen) atoms. The lowest BCUT2D eigenvalue weighted by molar-refractivity contribution is -0.274. The summed E-state index contributed by atoms with van der Waals surface area (Å²) in [5.74, 6) is -0.134. The van der Waals surface area contributed by atoms with Crippen molar-refractivity contribution in [2.75, 3.05) is 13.1 Å². The number of amides is 1. The molecule has 1 aromatic rings. The topological polar surface area (TPSA) is 29.5 Å². The normalized spacial score (nSPS) is 15.4. The van der Waals surface area contributed by atoms with Gasteiger partial charge in [0.25, 0.3) is 0 Å². The van der Waals surface area contributed by atoms with Crippen molar-refractivity contribution in [1.82, 2.24) is 4.90 Å². The summed E-state index contributed by atoms with van der Waals surface area (Å²) >= 11 is 0. The van der Waals surface area contributed by atoms with Crippen LogP contribution in [0.15, 0.2) is 24.3 Å². The summed E-state index contributed by atoms with van der Waals surface area (Å²) in [6.07, 6.45) is -1.65. The van der Waals surface area contributed by atoms with Crippen LogP contribution in [-0.2, 0) is 11.2 Å². The lowest BCUT2D eigenvalue weighted by Crippen LogP contribution is -2.27. The van der Waals surface area contributed by atoms with Gasteiger partial charge in [0.15, 0.2) is 0 Å². The van der Waals surface area contributed by atoms with Gasteiger partial charge in [-0.1, -0.05) is 12.1 Å². The van der Waals surface area contributed by atoms with Gasteiger partial charge in [0.1, 0.15) is 5.75 Å². The van der Waals surface area contributed by atoms with Crippen LogP contribution in [0.5, 0.6) is 5.75 Å². The molecular weight excluding hydrogens is 271 g/mol. The van der Waals surface area contributed by atoms with Crippen LogP contribution in [0.25, 0.3) is 0 Å². The maximum Gasteiger partial charge on any atom is 0.573 e. The van der Waals surface area contributed by atoms with Gasteiger partial charge >= 0.3 is 6.36 Å². The number of carbonyl (C=O) groups is 1. The van der Waals surface area contributed by atoms with Crippen LogP contribution in [-0.4, -0.2) is 30.3 Å². The maximum atomic E-state index is 12.0. The second-order valence-corrected chi connectivity index (χ2v) is 4.78. The number of aryl methyl sites for hydroxylation is 1. The van der Waals surface area contributed by atoms with Crippen molar-refractivity contribution >= 4 is 5.91 Å². The number of halogens is 3. The third kappa shape index (κ3) is 4.43. The van der Waals surface area contributed by atoms with Crippen LogP contribution in [0.4, 0.5) is 13.2 Å². The molecule has 1 heterocycles. The van der Waals surface area contributed by atoms with Crippen LogP contribution in [0.3, 0.4) is 0 Å². The number of carbonyl (C=O) groups excluding carboxylic acids is 1. The summed E-state index contributed by atoms with van der Waals surface area (Å²) in [5.41, 5.74) is 0.826. The molecule has 3 nitrogen and oxygen atoms in total. The van der Waals surface area contributed by atoms with Crippen molar-refractivity contribution in [2.24, 2.45) is 0 Å². The summed E-state index contributed by atoms with van der Waals surface area (Å²) < 4.78 is 39.8. The first kappa shape index (κ1) is 14.7. The van der Waals surface area contributed by atoms with Crippen molar-refractivity contribution < 1.29 is 22.7 Å². The molecule has 0 saturated carbocycles. The van der Waals surface area contributed by atoms with E-state index in [0.717, 1.165) is 31.5 Å². The smallest absolute Gasteiger partial charge is 0.406 e. The Morgan fingerprint density at radius 2 is 1.75 bits per heavy atom. The number of alkyl halides is 3. The van der Waals surface area contributed by atoms with Gasteiger partial charge in [0.05, 0.1) is 0 Å². The second kappa shape index (κ2) is 6.15. The summed E-state index contributed by atoms with van der Waals surface area (Å²) in [5, 5.41) is 0. The SMILES string of the molecule is O=C(CCc1ccc(OC(F)(F)F)cc1)N1CCCC1. The van der Waals surface area contributed by atoms with Crippen LogP contribution in [0, 0.1) is 0 Å². The lowest BCUT2D eigenvalue weighted by atomic mass is 10.1. The standard InChI is InChI=1S/C14H16F3NO2/c15-14(16,17)20-12-6-3-11(4-7-12)5-8-13(19)18-9-1-2-10-18/h3-4,6-7H,1-2,5,8-10H2. The van der Waals surface area contributed by atoms with Gasteiger partial charge in [-0.3, -0.25) is 4.79 Å². The molecule has 0 aliphatic carbocycles. The van der Waals surface area contributed by atoms with Gasteiger partial charge in [-0.05, 0) is 37.0 Å². The zero-order chi connectivity index (χ0) is 14.6. The van der Waals surface area contributed by atoms with Crippen LogP contribution in [0.2, 0.25) is 0 Å². The number of hydrogen-bond acceptors (Lipinski definition) is 2. The van der Waals surface area contributed by atoms with Crippen molar-refractivity contribution in [3.63, 3.8) is 0 Å². The van der Waals surface area contributed by atoms with E-state index in [1.807, 2.05) is 4.90 Å². The minimum absolute atomic E-state index is 0.109. The fourth-order valence-corrected chi connectivity index (χ4v) is 2.23. The minimum Gasteiger partial charge on any atom is -0.406 e. The molecule has 1 saturated heterocycles. The number of rotatable bonds is 4. The number of benzene rings is 1. The first-order valence-electron chi connectivity index (χ1n) is 6.56. The highest BCUT2D eigenvalue weighted by Crippen LogP contribution is 2.23. The number of likely N-dealkylation sites (tertiary alicyclic amines) is 1. The number of ether oxygens (including phenoxy) is 1. The Bertz CT molecular complexity index is 450. The van der Waals surface area contributed by atoms with Crippen molar-refractivity contribution in [3.05, 3.63) is 29.8 Å². The molecule has 1 aliphatic rings. The summed E-state index contributed by atoms with van der Waals surface area (Å²) in [6, 6.07) is 5.64. The van der Waals surface area contributed by atoms with E-state index in [1.54, 1.807) is 12.1 Å². The molecule has 0 radical (unpaired) electrons. The van der Waals surface area contributed by atoms with Gasteiger partial charge in [-0.2, -0.15) is 0 Å². The van der Waals surface area contributed by atoms with Gasteiger partial charge in [-0.25, -0.2) is 0 Å². The molecule has 0 unspecified atom stereocenters. The van der Waals surface area contributed by atoms with Gasteiger partial charge < -0.3 is 9.64 Å². The Balaban J connectivity index is 1.83. The maximum absolute atomic E-state index is 12.0. The molecule has 110 valence electrons. The average molecular weight is 287 g/mol. The van der Waals surface area contributed by atoms with E-state index >= 15 is 0 Å². The van der Waals surface area contributed by atoms with Gasteiger partial charge in [0, 0.05) is 19.5 Å². The highest BCUT2D eigenvalue weighted by molar-refractivity contribution is 5.76. The van der Waals surface area contributed by atoms with E-state index in [4.69, 9.17) is 0 Å². The Hall–Kier alpha value is -1.72. The predicted molar refractivity (Wildman–Crippen MR) is 67.3 cm³/mol. The van der Waals surface area contributed by atoms with Crippen LogP contribution >= 0.6 is 0 Å². The summed E-state index contributed by atoms with van der Waals surface area (Å²) in [4.78, 5) is 13.7. The van der Waals surface area contributed by atoms with E-state index < -0.39 is 6.36 Å². The largest absolute Gasteiger partial charge is 0.573 e. The highest BCUT2D eigenvalue weighted by Gasteiger charge is 2.30. The van der Waals surface area contributed by atoms with Crippen molar-refractivity contribution in [1.29, 1.82) is 0 Å². The fourth-order valence-electron chi connectivity index (χ4n) is 2.23. The fraction of sp³-hybridized carbons (Fsp3) is 0.500. The Morgan fingerprint density at radius 3 is 2.30 bits per heavy atom. The van der Waals surface area contributed by atoms with E-state index in [0.29, 0.717) is 12.8 Å². The van der Waals surface area contributed by atoms with Gasteiger partial charge in [-0.15, -0.1) is 13.2 Å². The van der Waals surface area contributed by atoms with E-state index in [2.05, 4.69) is 4.74 Å². The molecule has 1 fully saturated rings. The van der Waals surface area contributed by atoms with Crippen molar-refractivity contribution in [3.8, 4) is 5.75 Å². The molecular formula is C14H16F3NO2. The third-order valence-corrected chi connectivity index (χ3v) is 3.24. The molecule has 1 aromatic carbocycles. The zero-order valence-corrected chi connectivity index (χ0v) is 10.9. The molecule has 0 aromatic heterocycles. The number of hydrogen-bond donors (Lipinski definition) is 0. The quantitative estimate of drug-likeness (QED) is 0.851. The highest BCUT2D eigenvalue weighted by atomic mass is 19.4. The Kier molecular flexibility index (Phi) is 4.52. The molecule has 0 N–H and O–H groups in total. The summed E-state index contributed by atoms with van der Waals surface area (Å²) in [7, 11) is 0. The first-order valence-corrected chi connectivity index (χ1v) is 6.56. The molecule has 1 amide bonds. The first-order chi connectivity index (χ1) is 9.44. The minimum atomic E-state index is -4.67. The molecule has 1 aliphatic heterocycles. The van der Waals surface area contributed by atoms with Crippen LogP contribution in [0.1, 0.15) is 24.8 Å². The molecule has 6 heteroatoms. The average Bonchev–Trinajstić information content (AvgIpc) is 2.89. The Labute approximate surface area is 115 Å². The molecule has 0 spiro atoms. The monoisotopic (exact) mass is 287 g/mol. The lowest BCUT2D eigenvalue weighted by Gasteiger charge is -2.15. The Morgan fingerprint density at radius 1 is 1.15 bits per heavy atom. The van der Waals surface area contributed by atoms with E-state index in [1.165, 1.54) is 12.1 Å². The second-order valence-electron chi connectivity index (χ2n) is 4.78. The third-order valence-electron chi connectivity index (χ3n) is 3.24. The number of nitrogens with zero attached hydrogens (tertiary/aromatic N) is 1. The van der Waals surface area contributed by atoms with E-state index in [9.17, 15) is 18.0 Å². The molecule has 2 rings (SSSR count). The zero-order valence-electron chi connectivity index (χ0n) is 10.9. The van der Waals surface area contributed by atoms with E-state index in [-0.39, 0.29) is 11.7 Å². The van der Waals surface area contributed by atoms with Crippen molar-refractivity contribution in [2.45, 2.75) is 32.0 Å². The predicted octanol–water partition coefficient (Wildman–Crippen LogP) is 3.14. The summed E-state index contributed by atoms with van der Waals surface area (Å²) in [6.45, 7) is 1.63. The van der Waals surface area contributed by atoms with Gasteiger partial charge in [0.2, 0.25) is 5.91 Å². The van der Waals surface area contributed by atoms with Crippen LogP contribution < -0.4 is 4.74 Å².